The van der Waals surface area contributed by atoms with Crippen LogP contribution in [0.3, 0.4) is 0 Å². The molecule has 0 aliphatic rings. The summed E-state index contributed by atoms with van der Waals surface area (Å²) in [5, 5.41) is 0. The lowest BCUT2D eigenvalue weighted by molar-refractivity contribution is 0.545. The third kappa shape index (κ3) is 7.15. The first-order chi connectivity index (χ1) is 4.56. The highest BCUT2D eigenvalue weighted by atomic mass is 14.6. The van der Waals surface area contributed by atoms with Crippen LogP contribution in [0.2, 0.25) is 0 Å². The SMILES string of the molecule is C=CN=C/C=C\C(C)(C)C. The van der Waals surface area contributed by atoms with E-state index >= 15 is 0 Å². The van der Waals surface area contributed by atoms with Crippen molar-refractivity contribution in [2.45, 2.75) is 20.8 Å². The van der Waals surface area contributed by atoms with E-state index in [1.807, 2.05) is 6.08 Å². The van der Waals surface area contributed by atoms with Crippen LogP contribution in [0.25, 0.3) is 0 Å². The molecule has 0 atom stereocenters. The van der Waals surface area contributed by atoms with Crippen molar-refractivity contribution in [3.05, 3.63) is 24.9 Å². The molecule has 0 fully saturated rings. The standard InChI is InChI=1S/C9H15N/c1-5-10-8-6-7-9(2,3)4/h5-8H,1H2,2-4H3/b7-6-,10-8?. The molecule has 1 heteroatoms. The van der Waals surface area contributed by atoms with Crippen LogP contribution in [0.15, 0.2) is 29.9 Å². The van der Waals surface area contributed by atoms with E-state index in [-0.39, 0.29) is 5.41 Å². The fourth-order valence-electron chi connectivity index (χ4n) is 0.442. The van der Waals surface area contributed by atoms with E-state index in [2.05, 4.69) is 38.4 Å². The maximum atomic E-state index is 3.83. The number of allylic oxidation sites excluding steroid dienone is 2. The first-order valence-corrected chi connectivity index (χ1v) is 3.38. The highest BCUT2D eigenvalue weighted by molar-refractivity contribution is 5.71. The van der Waals surface area contributed by atoms with Crippen molar-refractivity contribution < 1.29 is 0 Å². The largest absolute Gasteiger partial charge is 0.265 e. The molecule has 0 bridgehead atoms. The molecule has 10 heavy (non-hydrogen) atoms. The molecule has 1 nitrogen and oxygen atoms in total. The van der Waals surface area contributed by atoms with E-state index in [4.69, 9.17) is 0 Å². The molecule has 0 aromatic heterocycles. The molecule has 0 rings (SSSR count). The zero-order valence-electron chi connectivity index (χ0n) is 6.96. The quantitative estimate of drug-likeness (QED) is 0.519. The molecule has 56 valence electrons. The van der Waals surface area contributed by atoms with Crippen molar-refractivity contribution in [2.75, 3.05) is 0 Å². The van der Waals surface area contributed by atoms with Gasteiger partial charge in [0, 0.05) is 12.4 Å². The number of nitrogens with zero attached hydrogens (tertiary/aromatic N) is 1. The Hall–Kier alpha value is -0.850. The van der Waals surface area contributed by atoms with Crippen LogP contribution in [-0.2, 0) is 0 Å². The minimum absolute atomic E-state index is 0.243. The number of hydrogen-bond acceptors (Lipinski definition) is 1. The van der Waals surface area contributed by atoms with Crippen LogP contribution < -0.4 is 0 Å². The first kappa shape index (κ1) is 9.15. The Labute approximate surface area is 63.2 Å². The Morgan fingerprint density at radius 3 is 2.30 bits per heavy atom. The van der Waals surface area contributed by atoms with Crippen LogP contribution in [0, 0.1) is 5.41 Å². The van der Waals surface area contributed by atoms with Crippen molar-refractivity contribution in [2.24, 2.45) is 10.4 Å². The third-order valence-corrected chi connectivity index (χ3v) is 0.874. The van der Waals surface area contributed by atoms with E-state index in [1.54, 1.807) is 6.21 Å². The lowest BCUT2D eigenvalue weighted by Gasteiger charge is -2.09. The fraction of sp³-hybridized carbons (Fsp3) is 0.444. The molecule has 0 radical (unpaired) electrons. The maximum Gasteiger partial charge on any atom is 0.0264 e. The van der Waals surface area contributed by atoms with Crippen LogP contribution in [0.5, 0.6) is 0 Å². The van der Waals surface area contributed by atoms with Crippen molar-refractivity contribution in [1.29, 1.82) is 0 Å². The second-order valence-electron chi connectivity index (χ2n) is 3.21. The molecule has 0 aliphatic heterocycles. The number of hydrogen-bond donors (Lipinski definition) is 0. The molecule has 0 aromatic carbocycles. The van der Waals surface area contributed by atoms with Gasteiger partial charge in [0.1, 0.15) is 0 Å². The Kier molecular flexibility index (Phi) is 3.70. The minimum atomic E-state index is 0.243. The monoisotopic (exact) mass is 137 g/mol. The molecular formula is C9H15N. The summed E-state index contributed by atoms with van der Waals surface area (Å²) in [5.74, 6) is 0. The zero-order chi connectivity index (χ0) is 8.04. The predicted octanol–water partition coefficient (Wildman–Crippen LogP) is 2.80. The van der Waals surface area contributed by atoms with E-state index in [1.165, 1.54) is 6.20 Å². The minimum Gasteiger partial charge on any atom is -0.265 e. The van der Waals surface area contributed by atoms with Gasteiger partial charge < -0.3 is 0 Å². The lowest BCUT2D eigenvalue weighted by Crippen LogP contribution is -1.98. The average Bonchev–Trinajstić information content (AvgIpc) is 1.78. The van der Waals surface area contributed by atoms with Gasteiger partial charge in [0.05, 0.1) is 0 Å². The maximum absolute atomic E-state index is 3.83. The van der Waals surface area contributed by atoms with Gasteiger partial charge in [-0.15, -0.1) is 0 Å². The van der Waals surface area contributed by atoms with Gasteiger partial charge in [-0.3, -0.25) is 4.99 Å². The van der Waals surface area contributed by atoms with Gasteiger partial charge in [0.25, 0.3) is 0 Å². The Morgan fingerprint density at radius 2 is 1.90 bits per heavy atom. The molecule has 0 saturated carbocycles. The van der Waals surface area contributed by atoms with Gasteiger partial charge in [0.15, 0.2) is 0 Å². The molecule has 0 unspecified atom stereocenters. The lowest BCUT2D eigenvalue weighted by atomic mass is 9.97. The van der Waals surface area contributed by atoms with Gasteiger partial charge in [-0.05, 0) is 11.5 Å². The van der Waals surface area contributed by atoms with Gasteiger partial charge in [0.2, 0.25) is 0 Å². The van der Waals surface area contributed by atoms with E-state index in [0.717, 1.165) is 0 Å². The third-order valence-electron chi connectivity index (χ3n) is 0.874. The Morgan fingerprint density at radius 1 is 1.30 bits per heavy atom. The van der Waals surface area contributed by atoms with E-state index in [9.17, 15) is 0 Å². The van der Waals surface area contributed by atoms with Gasteiger partial charge in [-0.1, -0.05) is 33.4 Å². The summed E-state index contributed by atoms with van der Waals surface area (Å²) in [7, 11) is 0. The summed E-state index contributed by atoms with van der Waals surface area (Å²) in [6.45, 7) is 9.90. The van der Waals surface area contributed by atoms with Crippen molar-refractivity contribution in [3.63, 3.8) is 0 Å². The summed E-state index contributed by atoms with van der Waals surface area (Å²) in [6.07, 6.45) is 7.28. The topological polar surface area (TPSA) is 12.4 Å². The molecule has 0 aliphatic carbocycles. The van der Waals surface area contributed by atoms with Crippen LogP contribution in [-0.4, -0.2) is 6.21 Å². The Bertz CT molecular complexity index is 147. The second kappa shape index (κ2) is 4.04. The second-order valence-corrected chi connectivity index (χ2v) is 3.21. The summed E-state index contributed by atoms with van der Waals surface area (Å²) >= 11 is 0. The molecule has 0 heterocycles. The first-order valence-electron chi connectivity index (χ1n) is 3.38. The van der Waals surface area contributed by atoms with Gasteiger partial charge in [-0.25, -0.2) is 0 Å². The molecular weight excluding hydrogens is 122 g/mol. The summed E-state index contributed by atoms with van der Waals surface area (Å²) in [4.78, 5) is 3.83. The van der Waals surface area contributed by atoms with Crippen LogP contribution >= 0.6 is 0 Å². The van der Waals surface area contributed by atoms with Crippen molar-refractivity contribution in [1.82, 2.24) is 0 Å². The molecule has 0 aromatic rings. The van der Waals surface area contributed by atoms with Crippen molar-refractivity contribution in [3.8, 4) is 0 Å². The highest BCUT2D eigenvalue weighted by Crippen LogP contribution is 2.13. The number of aliphatic imine (C=N–C) groups is 1. The smallest absolute Gasteiger partial charge is 0.0264 e. The Balaban J connectivity index is 3.77. The van der Waals surface area contributed by atoms with E-state index < -0.39 is 0 Å². The molecule has 0 saturated heterocycles. The number of rotatable bonds is 2. The van der Waals surface area contributed by atoms with Gasteiger partial charge >= 0.3 is 0 Å². The zero-order valence-corrected chi connectivity index (χ0v) is 6.96. The van der Waals surface area contributed by atoms with Crippen LogP contribution in [0.1, 0.15) is 20.8 Å². The predicted molar refractivity (Wildman–Crippen MR) is 47.3 cm³/mol. The summed E-state index contributed by atoms with van der Waals surface area (Å²) in [5.41, 5.74) is 0.243. The highest BCUT2D eigenvalue weighted by Gasteiger charge is 2.01. The van der Waals surface area contributed by atoms with Crippen LogP contribution in [0.4, 0.5) is 0 Å². The van der Waals surface area contributed by atoms with Crippen molar-refractivity contribution >= 4 is 6.21 Å². The molecule has 0 N–H and O–H groups in total. The molecule has 0 spiro atoms. The summed E-state index contributed by atoms with van der Waals surface area (Å²) < 4.78 is 0. The molecule has 0 amide bonds. The van der Waals surface area contributed by atoms with E-state index in [0.29, 0.717) is 0 Å². The van der Waals surface area contributed by atoms with Gasteiger partial charge in [-0.2, -0.15) is 0 Å². The fourth-order valence-corrected chi connectivity index (χ4v) is 0.442. The normalized spacial score (nSPS) is 13.1. The summed E-state index contributed by atoms with van der Waals surface area (Å²) in [6, 6.07) is 0. The average molecular weight is 137 g/mol.